The normalized spacial score (nSPS) is 14.4. The summed E-state index contributed by atoms with van der Waals surface area (Å²) in [7, 11) is 1.33. The van der Waals surface area contributed by atoms with Crippen LogP contribution in [0.15, 0.2) is 72.9 Å². The number of ether oxygens (including phenoxy) is 2. The van der Waals surface area contributed by atoms with Crippen molar-refractivity contribution in [2.24, 2.45) is 0 Å². The molecule has 0 amide bonds. The predicted molar refractivity (Wildman–Crippen MR) is 240 cm³/mol. The monoisotopic (exact) mass is 820 g/mol. The molecule has 0 aliphatic rings. The van der Waals surface area contributed by atoms with Gasteiger partial charge in [-0.15, -0.1) is 0 Å². The van der Waals surface area contributed by atoms with Gasteiger partial charge in [-0.1, -0.05) is 157 Å². The van der Waals surface area contributed by atoms with Crippen LogP contribution in [0.25, 0.3) is 0 Å². The molecule has 0 radical (unpaired) electrons. The first-order valence-electron chi connectivity index (χ1n) is 22.7. The van der Waals surface area contributed by atoms with Crippen LogP contribution in [0.3, 0.4) is 0 Å². The number of quaternary nitrogens is 1. The second kappa shape index (κ2) is 40.7. The van der Waals surface area contributed by atoms with E-state index in [0.29, 0.717) is 24.1 Å². The Morgan fingerprint density at radius 2 is 1.02 bits per heavy atom. The van der Waals surface area contributed by atoms with E-state index in [2.05, 4.69) is 86.8 Å². The van der Waals surface area contributed by atoms with E-state index in [1.54, 1.807) is 0 Å². The van der Waals surface area contributed by atoms with Gasteiger partial charge in [-0.05, 0) is 77.0 Å². The zero-order valence-electron chi connectivity index (χ0n) is 37.3. The van der Waals surface area contributed by atoms with Gasteiger partial charge in [-0.25, -0.2) is 0 Å². The Kier molecular flexibility index (Phi) is 39.2. The number of carbonyl (C=O) groups excluding carboxylic acids is 1. The van der Waals surface area contributed by atoms with Gasteiger partial charge in [0.1, 0.15) is 19.3 Å². The van der Waals surface area contributed by atoms with Crippen molar-refractivity contribution < 1.29 is 37.3 Å². The largest absolute Gasteiger partial charge is 0.756 e. The van der Waals surface area contributed by atoms with E-state index in [1.807, 2.05) is 21.1 Å². The molecule has 57 heavy (non-hydrogen) atoms. The first-order chi connectivity index (χ1) is 27.6. The summed E-state index contributed by atoms with van der Waals surface area (Å²) in [5.74, 6) is -0.350. The minimum Gasteiger partial charge on any atom is -0.756 e. The van der Waals surface area contributed by atoms with Crippen molar-refractivity contribution in [3.63, 3.8) is 0 Å². The summed E-state index contributed by atoms with van der Waals surface area (Å²) >= 11 is 0. The molecule has 0 saturated carbocycles. The van der Waals surface area contributed by atoms with Gasteiger partial charge in [-0.2, -0.15) is 0 Å². The lowest BCUT2D eigenvalue weighted by Crippen LogP contribution is -2.37. The van der Waals surface area contributed by atoms with Crippen LogP contribution in [0.1, 0.15) is 168 Å². The van der Waals surface area contributed by atoms with Gasteiger partial charge in [0.15, 0.2) is 0 Å². The maximum Gasteiger partial charge on any atom is 0.306 e. The van der Waals surface area contributed by atoms with Gasteiger partial charge in [0.05, 0.1) is 34.4 Å². The van der Waals surface area contributed by atoms with Crippen molar-refractivity contribution in [3.8, 4) is 0 Å². The smallest absolute Gasteiger partial charge is 0.306 e. The highest BCUT2D eigenvalue weighted by molar-refractivity contribution is 7.45. The van der Waals surface area contributed by atoms with Gasteiger partial charge in [-0.3, -0.25) is 9.36 Å². The lowest BCUT2D eigenvalue weighted by atomic mass is 10.1. The molecule has 0 aromatic rings. The number of unbranched alkanes of at least 4 members (excludes halogenated alkanes) is 15. The first kappa shape index (κ1) is 54.9. The lowest BCUT2D eigenvalue weighted by Gasteiger charge is -2.28. The number of carbonyl (C=O) groups is 1. The van der Waals surface area contributed by atoms with Crippen molar-refractivity contribution in [2.45, 2.75) is 174 Å². The molecule has 0 aromatic carbocycles. The molecule has 0 bridgehead atoms. The quantitative estimate of drug-likeness (QED) is 0.0199. The fraction of sp³-hybridized carbons (Fsp3) is 0.729. The highest BCUT2D eigenvalue weighted by Gasteiger charge is 2.20. The molecular formula is C48H86NO7P. The minimum absolute atomic E-state index is 0.0185. The Morgan fingerprint density at radius 3 is 1.53 bits per heavy atom. The third-order valence-corrected chi connectivity index (χ3v) is 10.2. The molecule has 0 aromatic heterocycles. The molecule has 0 aliphatic carbocycles. The molecule has 0 rings (SSSR count). The number of likely N-dealkylation sites (N-methyl/N-ethyl adjacent to an activating group) is 1. The van der Waals surface area contributed by atoms with Gasteiger partial charge in [0, 0.05) is 13.0 Å². The Bertz CT molecular complexity index is 1140. The Balaban J connectivity index is 4.24. The minimum atomic E-state index is -4.53. The summed E-state index contributed by atoms with van der Waals surface area (Å²) in [4.78, 5) is 25.1. The fourth-order valence-electron chi connectivity index (χ4n) is 5.75. The van der Waals surface area contributed by atoms with E-state index in [4.69, 9.17) is 18.5 Å². The van der Waals surface area contributed by atoms with Gasteiger partial charge < -0.3 is 27.9 Å². The predicted octanol–water partition coefficient (Wildman–Crippen LogP) is 12.9. The molecule has 0 aliphatic heterocycles. The number of phosphoric ester groups is 1. The molecule has 330 valence electrons. The van der Waals surface area contributed by atoms with Crippen molar-refractivity contribution >= 4 is 13.8 Å². The number of hydrogen-bond acceptors (Lipinski definition) is 7. The molecule has 0 N–H and O–H groups in total. The molecule has 0 saturated heterocycles. The summed E-state index contributed by atoms with van der Waals surface area (Å²) in [5, 5.41) is 0. The highest BCUT2D eigenvalue weighted by atomic mass is 31.2. The van der Waals surface area contributed by atoms with E-state index < -0.39 is 13.9 Å². The number of hydrogen-bond donors (Lipinski definition) is 0. The number of esters is 1. The summed E-state index contributed by atoms with van der Waals surface area (Å²) in [6, 6.07) is 0. The molecule has 8 nitrogen and oxygen atoms in total. The van der Waals surface area contributed by atoms with Gasteiger partial charge in [0.2, 0.25) is 0 Å². The molecule has 0 fully saturated rings. The molecule has 2 unspecified atom stereocenters. The van der Waals surface area contributed by atoms with Crippen LogP contribution < -0.4 is 4.89 Å². The number of rotatable bonds is 41. The average molecular weight is 820 g/mol. The second-order valence-electron chi connectivity index (χ2n) is 16.0. The van der Waals surface area contributed by atoms with Crippen LogP contribution in [0.4, 0.5) is 0 Å². The fourth-order valence-corrected chi connectivity index (χ4v) is 6.48. The van der Waals surface area contributed by atoms with Crippen LogP contribution in [-0.4, -0.2) is 70.7 Å². The molecule has 2 atom stereocenters. The van der Waals surface area contributed by atoms with E-state index in [9.17, 15) is 14.3 Å². The van der Waals surface area contributed by atoms with Gasteiger partial charge >= 0.3 is 5.97 Å². The Hall–Kier alpha value is -2.06. The summed E-state index contributed by atoms with van der Waals surface area (Å²) < 4.78 is 34.6. The maximum absolute atomic E-state index is 12.7. The third kappa shape index (κ3) is 44.9. The van der Waals surface area contributed by atoms with Crippen molar-refractivity contribution in [1.82, 2.24) is 0 Å². The van der Waals surface area contributed by atoms with Gasteiger partial charge in [0.25, 0.3) is 7.82 Å². The maximum atomic E-state index is 12.7. The van der Waals surface area contributed by atoms with Crippen molar-refractivity contribution in [1.29, 1.82) is 0 Å². The van der Waals surface area contributed by atoms with Crippen LogP contribution in [0.5, 0.6) is 0 Å². The SMILES string of the molecule is CC/C=C\C/C=C\C/C=C\C/C=C\CCCCCCCCCCC(=O)OC(COCCCCCCCC/C=C\C/C=C\CCC)COP(=O)([O-])OCC[N+](C)(C)C. The van der Waals surface area contributed by atoms with Crippen LogP contribution in [-0.2, 0) is 27.9 Å². The van der Waals surface area contributed by atoms with E-state index in [1.165, 1.54) is 57.8 Å². The third-order valence-electron chi connectivity index (χ3n) is 9.22. The molecular weight excluding hydrogens is 734 g/mol. The standard InChI is InChI=1S/C48H86NO7P/c1-6-8-10-12-14-16-18-20-22-23-24-25-26-27-28-29-31-33-35-37-39-41-48(50)56-47(46-55-57(51,52)54-44-42-49(3,4)5)45-53-43-40-38-36-34-32-30-21-19-17-15-13-11-9-7-2/h8,10-11,13-14,16-17,19-20,22,24-25,47H,6-7,9,12,15,18,21,23,26-46H2,1-5H3/b10-8-,13-11-,16-14-,19-17-,22-20-,25-24-. The van der Waals surface area contributed by atoms with E-state index in [0.717, 1.165) is 89.9 Å². The number of allylic oxidation sites excluding steroid dienone is 12. The molecule has 0 spiro atoms. The molecule has 9 heteroatoms. The number of nitrogens with zero attached hydrogens (tertiary/aromatic N) is 1. The summed E-state index contributed by atoms with van der Waals surface area (Å²) in [6.45, 7) is 5.19. The Morgan fingerprint density at radius 1 is 0.561 bits per heavy atom. The second-order valence-corrected chi connectivity index (χ2v) is 17.4. The van der Waals surface area contributed by atoms with Crippen LogP contribution in [0, 0.1) is 0 Å². The van der Waals surface area contributed by atoms with E-state index >= 15 is 0 Å². The highest BCUT2D eigenvalue weighted by Crippen LogP contribution is 2.38. The van der Waals surface area contributed by atoms with Crippen LogP contribution >= 0.6 is 7.82 Å². The summed E-state index contributed by atoms with van der Waals surface area (Å²) in [5.41, 5.74) is 0. The number of phosphoric acid groups is 1. The first-order valence-corrected chi connectivity index (χ1v) is 24.1. The summed E-state index contributed by atoms with van der Waals surface area (Å²) in [6.07, 6.45) is 52.0. The lowest BCUT2D eigenvalue weighted by molar-refractivity contribution is -0.870. The van der Waals surface area contributed by atoms with Crippen LogP contribution in [0.2, 0.25) is 0 Å². The van der Waals surface area contributed by atoms with E-state index in [-0.39, 0.29) is 25.8 Å². The van der Waals surface area contributed by atoms with Crippen molar-refractivity contribution in [2.75, 3.05) is 54.1 Å². The average Bonchev–Trinajstić information content (AvgIpc) is 3.16. The zero-order chi connectivity index (χ0) is 42.0. The Labute approximate surface area is 351 Å². The topological polar surface area (TPSA) is 94.1 Å². The molecule has 0 heterocycles. The zero-order valence-corrected chi connectivity index (χ0v) is 38.2. The van der Waals surface area contributed by atoms with Crippen molar-refractivity contribution in [3.05, 3.63) is 72.9 Å².